The number of fused-ring (bicyclic) bond motifs is 3. The van der Waals surface area contributed by atoms with Crippen LogP contribution in [0.4, 0.5) is 5.69 Å². The first kappa shape index (κ1) is 27.3. The zero-order valence-electron chi connectivity index (χ0n) is 21.5. The lowest BCUT2D eigenvalue weighted by atomic mass is 9.93. The Bertz CT molecular complexity index is 1480. The van der Waals surface area contributed by atoms with Gasteiger partial charge in [0.05, 0.1) is 0 Å². The lowest BCUT2D eigenvalue weighted by Gasteiger charge is -2.26. The molecule has 5 rings (SSSR count). The third kappa shape index (κ3) is 6.39. The van der Waals surface area contributed by atoms with Crippen LogP contribution in [0.3, 0.4) is 0 Å². The van der Waals surface area contributed by atoms with Gasteiger partial charge in [-0.05, 0) is 49.8 Å². The molecule has 8 heteroatoms. The summed E-state index contributed by atoms with van der Waals surface area (Å²) in [5.74, 6) is 1.81. The van der Waals surface area contributed by atoms with Crippen LogP contribution in [0.1, 0.15) is 30.7 Å². The van der Waals surface area contributed by atoms with E-state index in [-0.39, 0.29) is 0 Å². The number of hydrogen-bond donors (Lipinski definition) is 0. The number of nitrogens with zero attached hydrogens (tertiary/aromatic N) is 2. The number of ether oxygens (including phenoxy) is 1. The maximum atomic E-state index is 8.49. The molecule has 196 valence electrons. The average Bonchev–Trinajstić information content (AvgIpc) is 2.89. The molecule has 1 aliphatic rings. The van der Waals surface area contributed by atoms with Crippen LogP contribution in [0, 0.1) is 10.2 Å². The van der Waals surface area contributed by atoms with E-state index in [4.69, 9.17) is 23.4 Å². The first-order valence-corrected chi connectivity index (χ1v) is 13.5. The maximum absolute atomic E-state index is 8.49. The Labute approximate surface area is 224 Å². The quantitative estimate of drug-likeness (QED) is 0.320. The van der Waals surface area contributed by atoms with Gasteiger partial charge in [0, 0.05) is 59.6 Å². The van der Waals surface area contributed by atoms with E-state index < -0.39 is 10.2 Å². The summed E-state index contributed by atoms with van der Waals surface area (Å²) < 4.78 is 42.5. The van der Waals surface area contributed by atoms with E-state index in [0.29, 0.717) is 0 Å². The molecular formula is C30H29ClN2O5. The van der Waals surface area contributed by atoms with Crippen LogP contribution in [-0.4, -0.2) is 13.1 Å². The number of allylic oxidation sites excluding steroid dienone is 2. The summed E-state index contributed by atoms with van der Waals surface area (Å²) in [6, 6.07) is 27.6. The number of aromatic nitrogens is 1. The van der Waals surface area contributed by atoms with Crippen molar-refractivity contribution in [2.75, 3.05) is 18.0 Å². The molecule has 0 bridgehead atoms. The Kier molecular flexibility index (Phi) is 8.46. The largest absolute Gasteiger partial charge is 0.456 e. The number of aryl methyl sites for hydroxylation is 1. The molecule has 1 aromatic heterocycles. The van der Waals surface area contributed by atoms with E-state index in [0.717, 1.165) is 41.4 Å². The van der Waals surface area contributed by atoms with Crippen molar-refractivity contribution in [2.24, 2.45) is 7.05 Å². The van der Waals surface area contributed by atoms with E-state index in [2.05, 4.69) is 115 Å². The van der Waals surface area contributed by atoms with Gasteiger partial charge < -0.3 is 9.64 Å². The third-order valence-corrected chi connectivity index (χ3v) is 6.43. The van der Waals surface area contributed by atoms with Gasteiger partial charge in [0.15, 0.2) is 0 Å². The van der Waals surface area contributed by atoms with E-state index in [1.807, 2.05) is 12.1 Å². The fourth-order valence-corrected chi connectivity index (χ4v) is 4.59. The standard InChI is InChI=1S/C30H29N2O.ClHO4/c1-4-32(5-2)24-19-20-27-25(26-13-7-9-16-29(26)33-30(27)21-24)14-10-12-23-18-17-22-11-6-8-15-28(22)31(23)3;2-1(3,4)5/h6-21H,4-5H2,1-3H3;(H,2,3,4,5)/q+1;/p-1. The van der Waals surface area contributed by atoms with Crippen LogP contribution >= 0.6 is 0 Å². The molecular weight excluding hydrogens is 504 g/mol. The molecule has 7 nitrogen and oxygen atoms in total. The number of pyridine rings is 1. The smallest absolute Gasteiger partial charge is 0.212 e. The van der Waals surface area contributed by atoms with E-state index >= 15 is 0 Å². The monoisotopic (exact) mass is 532 g/mol. The Balaban J connectivity index is 0.000000617. The Morgan fingerprint density at radius 2 is 1.47 bits per heavy atom. The molecule has 0 spiro atoms. The van der Waals surface area contributed by atoms with Crippen molar-refractivity contribution >= 4 is 28.2 Å². The molecule has 0 aliphatic carbocycles. The molecule has 0 radical (unpaired) electrons. The zero-order valence-corrected chi connectivity index (χ0v) is 22.2. The van der Waals surface area contributed by atoms with Gasteiger partial charge >= 0.3 is 0 Å². The predicted octanol–water partition coefficient (Wildman–Crippen LogP) is 2.01. The Morgan fingerprint density at radius 3 is 2.21 bits per heavy atom. The van der Waals surface area contributed by atoms with Gasteiger partial charge in [-0.3, -0.25) is 0 Å². The summed E-state index contributed by atoms with van der Waals surface area (Å²) in [5, 5.41) is 1.24. The second-order valence-corrected chi connectivity index (χ2v) is 9.40. The Hall–Kier alpha value is -3.72. The topological polar surface area (TPSA) is 109 Å². The van der Waals surface area contributed by atoms with E-state index in [9.17, 15) is 0 Å². The highest BCUT2D eigenvalue weighted by Crippen LogP contribution is 2.44. The second-order valence-electron chi connectivity index (χ2n) is 8.64. The number of hydrogen-bond acceptors (Lipinski definition) is 6. The molecule has 0 atom stereocenters. The fourth-order valence-electron chi connectivity index (χ4n) is 4.59. The van der Waals surface area contributed by atoms with Gasteiger partial charge in [0.2, 0.25) is 11.2 Å². The van der Waals surface area contributed by atoms with Crippen molar-refractivity contribution in [3.63, 3.8) is 0 Å². The highest BCUT2D eigenvalue weighted by molar-refractivity contribution is 5.90. The molecule has 38 heavy (non-hydrogen) atoms. The summed E-state index contributed by atoms with van der Waals surface area (Å²) in [6.07, 6.45) is 6.51. The molecule has 0 amide bonds. The highest BCUT2D eigenvalue weighted by Gasteiger charge is 2.22. The minimum atomic E-state index is -4.94. The van der Waals surface area contributed by atoms with Gasteiger partial charge in [-0.25, -0.2) is 18.6 Å². The number of para-hydroxylation sites is 2. The lowest BCUT2D eigenvalue weighted by molar-refractivity contribution is -2.00. The number of rotatable bonds is 5. The number of anilines is 1. The first-order valence-electron chi connectivity index (χ1n) is 12.2. The SMILES string of the molecule is CCN(CC)c1ccc2c(c1)Oc1ccccc1/C2=C\C=C\c1ccc2ccccc2[n+]1C.[O-][Cl+3]([O-])([O-])[O-]. The van der Waals surface area contributed by atoms with Crippen molar-refractivity contribution in [1.29, 1.82) is 0 Å². The van der Waals surface area contributed by atoms with Gasteiger partial charge in [-0.1, -0.05) is 42.5 Å². The van der Waals surface area contributed by atoms with Crippen LogP contribution in [-0.2, 0) is 7.05 Å². The van der Waals surface area contributed by atoms with Crippen molar-refractivity contribution in [1.82, 2.24) is 0 Å². The summed E-state index contributed by atoms with van der Waals surface area (Å²) in [4.78, 5) is 2.34. The van der Waals surface area contributed by atoms with Gasteiger partial charge in [0.1, 0.15) is 18.5 Å². The molecule has 2 heterocycles. The van der Waals surface area contributed by atoms with E-state index in [1.54, 1.807) is 0 Å². The molecule has 3 aromatic carbocycles. The predicted molar refractivity (Wildman–Crippen MR) is 138 cm³/mol. The molecule has 0 N–H and O–H groups in total. The molecule has 0 unspecified atom stereocenters. The third-order valence-electron chi connectivity index (χ3n) is 6.43. The second kappa shape index (κ2) is 11.8. The van der Waals surface area contributed by atoms with Crippen LogP contribution in [0.2, 0.25) is 0 Å². The summed E-state index contributed by atoms with van der Waals surface area (Å²) in [6.45, 7) is 6.31. The van der Waals surface area contributed by atoms with Crippen LogP contribution in [0.25, 0.3) is 22.6 Å². The van der Waals surface area contributed by atoms with Gasteiger partial charge in [-0.15, -0.1) is 10.2 Å². The van der Waals surface area contributed by atoms with Crippen molar-refractivity contribution in [3.8, 4) is 11.5 Å². The van der Waals surface area contributed by atoms with Gasteiger partial charge in [0.25, 0.3) is 0 Å². The van der Waals surface area contributed by atoms with E-state index in [1.165, 1.54) is 22.2 Å². The van der Waals surface area contributed by atoms with Crippen LogP contribution < -0.4 is 32.8 Å². The zero-order chi connectivity index (χ0) is 27.3. The summed E-state index contributed by atoms with van der Waals surface area (Å²) in [7, 11) is -2.83. The molecule has 0 fully saturated rings. The summed E-state index contributed by atoms with van der Waals surface area (Å²) in [5.41, 5.74) is 6.99. The molecule has 0 saturated heterocycles. The van der Waals surface area contributed by atoms with Crippen LogP contribution in [0.5, 0.6) is 11.5 Å². The van der Waals surface area contributed by atoms with Crippen molar-refractivity contribution in [3.05, 3.63) is 108 Å². The number of halogens is 1. The minimum Gasteiger partial charge on any atom is -0.456 e. The fraction of sp³-hybridized carbons (Fsp3) is 0.167. The summed E-state index contributed by atoms with van der Waals surface area (Å²) >= 11 is 0. The normalized spacial score (nSPS) is 13.5. The van der Waals surface area contributed by atoms with Crippen molar-refractivity contribution < 1.29 is 38.2 Å². The maximum Gasteiger partial charge on any atom is 0.212 e. The number of benzene rings is 3. The van der Waals surface area contributed by atoms with Crippen molar-refractivity contribution in [2.45, 2.75) is 13.8 Å². The minimum absolute atomic E-state index is 0.901. The first-order chi connectivity index (χ1) is 18.2. The van der Waals surface area contributed by atoms with Crippen LogP contribution in [0.15, 0.2) is 91.0 Å². The average molecular weight is 533 g/mol. The Morgan fingerprint density at radius 1 is 0.816 bits per heavy atom. The lowest BCUT2D eigenvalue weighted by Crippen LogP contribution is -2.68. The molecule has 0 saturated carbocycles. The van der Waals surface area contributed by atoms with Gasteiger partial charge in [-0.2, -0.15) is 4.57 Å². The highest BCUT2D eigenvalue weighted by atomic mass is 35.7. The molecule has 4 aromatic rings. The molecule has 1 aliphatic heterocycles.